The van der Waals surface area contributed by atoms with Crippen LogP contribution in [-0.4, -0.2) is 48.1 Å². The van der Waals surface area contributed by atoms with Crippen LogP contribution in [0.4, 0.5) is 11.4 Å². The Labute approximate surface area is 218 Å². The number of rotatable bonds is 7. The number of amides is 2. The first-order valence-corrected chi connectivity index (χ1v) is 12.4. The third-order valence-electron chi connectivity index (χ3n) is 5.84. The topological polar surface area (TPSA) is 98.7 Å². The molecule has 3 aromatic carbocycles. The quantitative estimate of drug-likeness (QED) is 0.487. The third-order valence-corrected chi connectivity index (χ3v) is 7.03. The van der Waals surface area contributed by atoms with Crippen LogP contribution < -0.4 is 24.3 Å². The maximum atomic E-state index is 13.4. The number of aliphatic imine (C=N–C) groups is 1. The number of amidine groups is 1. The Morgan fingerprint density at radius 1 is 1.03 bits per heavy atom. The Balaban J connectivity index is 1.40. The average Bonchev–Trinajstić information content (AvgIpc) is 3.39. The second-order valence-electron chi connectivity index (χ2n) is 8.29. The number of thioether (sulfide) groups is 1. The molecule has 1 atom stereocenters. The van der Waals surface area contributed by atoms with Crippen LogP contribution in [0.5, 0.6) is 23.0 Å². The SMILES string of the molecule is COc1ccc(N=C2SC(C(=O)Nc3cccc(OC)c3)CC(=O)N2Cc2ccc3c(c2)OCO3)cc1. The lowest BCUT2D eigenvalue weighted by Gasteiger charge is -2.32. The zero-order valence-corrected chi connectivity index (χ0v) is 21.1. The molecule has 1 unspecified atom stereocenters. The second-order valence-corrected chi connectivity index (χ2v) is 9.46. The molecule has 1 saturated heterocycles. The Kier molecular flexibility index (Phi) is 7.18. The summed E-state index contributed by atoms with van der Waals surface area (Å²) in [5, 5.41) is 2.67. The molecule has 190 valence electrons. The van der Waals surface area contributed by atoms with E-state index in [0.717, 1.165) is 5.56 Å². The number of anilines is 1. The van der Waals surface area contributed by atoms with Crippen LogP contribution in [0.15, 0.2) is 71.7 Å². The van der Waals surface area contributed by atoms with E-state index in [1.54, 1.807) is 67.7 Å². The summed E-state index contributed by atoms with van der Waals surface area (Å²) in [5.41, 5.74) is 2.09. The summed E-state index contributed by atoms with van der Waals surface area (Å²) in [4.78, 5) is 32.8. The molecule has 1 fully saturated rings. The Morgan fingerprint density at radius 3 is 2.59 bits per heavy atom. The fourth-order valence-corrected chi connectivity index (χ4v) is 5.01. The van der Waals surface area contributed by atoms with E-state index in [1.165, 1.54) is 11.8 Å². The van der Waals surface area contributed by atoms with Gasteiger partial charge < -0.3 is 24.3 Å². The molecule has 0 aliphatic carbocycles. The molecule has 3 aromatic rings. The van der Waals surface area contributed by atoms with Crippen LogP contribution in [-0.2, 0) is 16.1 Å². The number of ether oxygens (including phenoxy) is 4. The summed E-state index contributed by atoms with van der Waals surface area (Å²) in [7, 11) is 3.16. The van der Waals surface area contributed by atoms with Crippen LogP contribution >= 0.6 is 11.8 Å². The number of nitrogens with zero attached hydrogens (tertiary/aromatic N) is 2. The fraction of sp³-hybridized carbons (Fsp3) is 0.222. The van der Waals surface area contributed by atoms with Crippen molar-refractivity contribution < 1.29 is 28.5 Å². The zero-order valence-electron chi connectivity index (χ0n) is 20.3. The molecule has 0 aromatic heterocycles. The van der Waals surface area contributed by atoms with Crippen LogP contribution in [0.1, 0.15) is 12.0 Å². The van der Waals surface area contributed by atoms with Gasteiger partial charge in [0.1, 0.15) is 16.7 Å². The number of nitrogens with one attached hydrogen (secondary N) is 1. The van der Waals surface area contributed by atoms with Crippen molar-refractivity contribution in [2.24, 2.45) is 4.99 Å². The molecular weight excluding hydrogens is 494 g/mol. The second kappa shape index (κ2) is 10.8. The van der Waals surface area contributed by atoms with Crippen LogP contribution in [0.3, 0.4) is 0 Å². The minimum Gasteiger partial charge on any atom is -0.497 e. The van der Waals surface area contributed by atoms with E-state index >= 15 is 0 Å². The zero-order chi connectivity index (χ0) is 25.8. The van der Waals surface area contributed by atoms with Crippen molar-refractivity contribution >= 4 is 40.1 Å². The van der Waals surface area contributed by atoms with Gasteiger partial charge in [0.25, 0.3) is 0 Å². The van der Waals surface area contributed by atoms with E-state index in [4.69, 9.17) is 23.9 Å². The highest BCUT2D eigenvalue weighted by atomic mass is 32.2. The van der Waals surface area contributed by atoms with Crippen molar-refractivity contribution in [3.8, 4) is 23.0 Å². The average molecular weight is 520 g/mol. The van der Waals surface area contributed by atoms with Gasteiger partial charge in [-0.15, -0.1) is 0 Å². The first-order chi connectivity index (χ1) is 18.0. The summed E-state index contributed by atoms with van der Waals surface area (Å²) < 4.78 is 21.3. The summed E-state index contributed by atoms with van der Waals surface area (Å²) in [6.45, 7) is 0.452. The highest BCUT2D eigenvalue weighted by Gasteiger charge is 2.36. The molecule has 9 nitrogen and oxygen atoms in total. The van der Waals surface area contributed by atoms with Gasteiger partial charge in [-0.3, -0.25) is 14.5 Å². The third kappa shape index (κ3) is 5.64. The Bertz CT molecular complexity index is 1340. The van der Waals surface area contributed by atoms with Crippen molar-refractivity contribution in [2.45, 2.75) is 18.2 Å². The lowest BCUT2D eigenvalue weighted by Crippen LogP contribution is -2.44. The van der Waals surface area contributed by atoms with Crippen molar-refractivity contribution in [3.05, 3.63) is 72.3 Å². The fourth-order valence-electron chi connectivity index (χ4n) is 3.91. The number of hydrogen-bond acceptors (Lipinski definition) is 8. The highest BCUT2D eigenvalue weighted by molar-refractivity contribution is 8.15. The van der Waals surface area contributed by atoms with Gasteiger partial charge in [-0.25, -0.2) is 4.99 Å². The predicted molar refractivity (Wildman–Crippen MR) is 141 cm³/mol. The number of carbonyl (C=O) groups is 2. The number of fused-ring (bicyclic) bond motifs is 1. The van der Waals surface area contributed by atoms with Gasteiger partial charge in [-0.05, 0) is 54.1 Å². The van der Waals surface area contributed by atoms with Gasteiger partial charge in [0.2, 0.25) is 18.6 Å². The van der Waals surface area contributed by atoms with Crippen molar-refractivity contribution in [1.29, 1.82) is 0 Å². The molecule has 2 heterocycles. The Morgan fingerprint density at radius 2 is 1.81 bits per heavy atom. The molecule has 2 amide bonds. The normalized spacial score (nSPS) is 17.6. The van der Waals surface area contributed by atoms with Gasteiger partial charge in [0.15, 0.2) is 16.7 Å². The maximum Gasteiger partial charge on any atom is 0.238 e. The van der Waals surface area contributed by atoms with Crippen LogP contribution in [0, 0.1) is 0 Å². The monoisotopic (exact) mass is 519 g/mol. The van der Waals surface area contributed by atoms with Gasteiger partial charge in [-0.1, -0.05) is 23.9 Å². The summed E-state index contributed by atoms with van der Waals surface area (Å²) >= 11 is 1.25. The van der Waals surface area contributed by atoms with E-state index in [2.05, 4.69) is 5.32 Å². The van der Waals surface area contributed by atoms with E-state index < -0.39 is 5.25 Å². The lowest BCUT2D eigenvalue weighted by molar-refractivity contribution is -0.129. The number of hydrogen-bond donors (Lipinski definition) is 1. The largest absolute Gasteiger partial charge is 0.497 e. The first kappa shape index (κ1) is 24.5. The van der Waals surface area contributed by atoms with E-state index in [1.807, 2.05) is 18.2 Å². The van der Waals surface area contributed by atoms with E-state index in [0.29, 0.717) is 39.5 Å². The number of methoxy groups -OCH3 is 2. The van der Waals surface area contributed by atoms with Gasteiger partial charge >= 0.3 is 0 Å². The highest BCUT2D eigenvalue weighted by Crippen LogP contribution is 2.35. The summed E-state index contributed by atoms with van der Waals surface area (Å²) in [5.74, 6) is 2.15. The molecule has 5 rings (SSSR count). The van der Waals surface area contributed by atoms with Crippen LogP contribution in [0.25, 0.3) is 0 Å². The molecular formula is C27H25N3O6S. The standard InChI is InChI=1S/C27H25N3O6S/c1-33-20-9-7-18(8-10-20)29-27-30(15-17-6-11-22-23(12-17)36-16-35-22)25(31)14-24(37-27)26(32)28-19-4-3-5-21(13-19)34-2/h3-13,24H,14-16H2,1-2H3,(H,28,32). The molecule has 0 radical (unpaired) electrons. The molecule has 10 heteroatoms. The van der Waals surface area contributed by atoms with Crippen molar-refractivity contribution in [1.82, 2.24) is 4.90 Å². The van der Waals surface area contributed by atoms with E-state index in [-0.39, 0.29) is 31.6 Å². The maximum absolute atomic E-state index is 13.4. The Hall–Kier alpha value is -4.18. The molecule has 2 aliphatic heterocycles. The summed E-state index contributed by atoms with van der Waals surface area (Å²) in [6, 6.07) is 19.8. The number of benzene rings is 3. The first-order valence-electron chi connectivity index (χ1n) is 11.6. The molecule has 2 aliphatic rings. The van der Waals surface area contributed by atoms with Gasteiger partial charge in [0, 0.05) is 18.2 Å². The van der Waals surface area contributed by atoms with Crippen molar-refractivity contribution in [2.75, 3.05) is 26.3 Å². The minimum absolute atomic E-state index is 0.0344. The molecule has 0 saturated carbocycles. The van der Waals surface area contributed by atoms with Gasteiger partial charge in [-0.2, -0.15) is 0 Å². The van der Waals surface area contributed by atoms with E-state index in [9.17, 15) is 9.59 Å². The molecule has 1 N–H and O–H groups in total. The van der Waals surface area contributed by atoms with Gasteiger partial charge in [0.05, 0.1) is 26.5 Å². The van der Waals surface area contributed by atoms with Crippen molar-refractivity contribution in [3.63, 3.8) is 0 Å². The summed E-state index contributed by atoms with van der Waals surface area (Å²) in [6.07, 6.45) is 0.0344. The molecule has 0 bridgehead atoms. The molecule has 37 heavy (non-hydrogen) atoms. The van der Waals surface area contributed by atoms with Crippen LogP contribution in [0.2, 0.25) is 0 Å². The molecule has 0 spiro atoms. The smallest absolute Gasteiger partial charge is 0.238 e. The minimum atomic E-state index is -0.649. The predicted octanol–water partition coefficient (Wildman–Crippen LogP) is 4.59. The number of carbonyl (C=O) groups excluding carboxylic acids is 2. The lowest BCUT2D eigenvalue weighted by atomic mass is 10.1.